The Morgan fingerprint density at radius 2 is 1.59 bits per heavy atom. The largest absolute Gasteiger partial charge is 0.492 e. The summed E-state index contributed by atoms with van der Waals surface area (Å²) in [5.74, 6) is 0.608. The van der Waals surface area contributed by atoms with E-state index >= 15 is 0 Å². The maximum atomic E-state index is 12.6. The molecule has 0 aliphatic rings. The Morgan fingerprint density at radius 3 is 2.38 bits per heavy atom. The number of hydrogen-bond donors (Lipinski definition) is 2. The van der Waals surface area contributed by atoms with Crippen molar-refractivity contribution in [3.63, 3.8) is 0 Å². The van der Waals surface area contributed by atoms with Crippen molar-refractivity contribution >= 4 is 23.2 Å². The lowest BCUT2D eigenvalue weighted by atomic mass is 10.1. The number of hydrogen-bond acceptors (Lipinski definition) is 4. The first-order valence-corrected chi connectivity index (χ1v) is 9.26. The van der Waals surface area contributed by atoms with Gasteiger partial charge in [-0.15, -0.1) is 0 Å². The summed E-state index contributed by atoms with van der Waals surface area (Å²) < 4.78 is 11.0. The summed E-state index contributed by atoms with van der Waals surface area (Å²) in [4.78, 5) is 24.7. The van der Waals surface area contributed by atoms with Crippen LogP contribution in [0.15, 0.2) is 78.9 Å². The Hall–Kier alpha value is -3.80. The van der Waals surface area contributed by atoms with Crippen LogP contribution in [-0.2, 0) is 4.79 Å². The normalized spacial score (nSPS) is 10.1. The summed E-state index contributed by atoms with van der Waals surface area (Å²) in [5, 5.41) is 5.57. The molecule has 0 saturated heterocycles. The molecule has 6 heteroatoms. The van der Waals surface area contributed by atoms with Crippen molar-refractivity contribution < 1.29 is 19.1 Å². The number of rotatable bonds is 8. The molecule has 29 heavy (non-hydrogen) atoms. The van der Waals surface area contributed by atoms with E-state index in [0.717, 1.165) is 0 Å². The predicted octanol–water partition coefficient (Wildman–Crippen LogP) is 4.36. The molecule has 0 aliphatic heterocycles. The Morgan fingerprint density at radius 1 is 0.828 bits per heavy atom. The standard InChI is InChI=1S/C23H22N2O4/c1-2-28-21-14-7-6-13-20(21)25-23(27)17-9-8-10-18(15-17)24-22(26)16-29-19-11-4-3-5-12-19/h3-15H,2,16H2,1H3,(H,24,26)(H,25,27). The molecule has 2 amide bonds. The highest BCUT2D eigenvalue weighted by molar-refractivity contribution is 6.06. The van der Waals surface area contributed by atoms with Gasteiger partial charge < -0.3 is 20.1 Å². The first kappa shape index (κ1) is 19.9. The summed E-state index contributed by atoms with van der Waals surface area (Å²) in [6.07, 6.45) is 0. The molecular formula is C23H22N2O4. The second kappa shape index (κ2) is 9.94. The van der Waals surface area contributed by atoms with E-state index in [1.54, 1.807) is 48.5 Å². The highest BCUT2D eigenvalue weighted by Gasteiger charge is 2.11. The van der Waals surface area contributed by atoms with E-state index in [1.807, 2.05) is 37.3 Å². The minimum atomic E-state index is -0.312. The molecule has 148 valence electrons. The molecule has 3 aromatic rings. The zero-order valence-electron chi connectivity index (χ0n) is 16.1. The minimum absolute atomic E-state index is 0.123. The van der Waals surface area contributed by atoms with E-state index < -0.39 is 0 Å². The van der Waals surface area contributed by atoms with Crippen LogP contribution in [0.25, 0.3) is 0 Å². The lowest BCUT2D eigenvalue weighted by molar-refractivity contribution is -0.118. The van der Waals surface area contributed by atoms with Gasteiger partial charge in [0, 0.05) is 11.3 Å². The van der Waals surface area contributed by atoms with Crippen molar-refractivity contribution in [3.8, 4) is 11.5 Å². The van der Waals surface area contributed by atoms with Crippen molar-refractivity contribution in [2.45, 2.75) is 6.92 Å². The second-order valence-corrected chi connectivity index (χ2v) is 6.11. The average molecular weight is 390 g/mol. The highest BCUT2D eigenvalue weighted by atomic mass is 16.5. The Balaban J connectivity index is 1.61. The first-order valence-electron chi connectivity index (χ1n) is 9.26. The van der Waals surface area contributed by atoms with E-state index in [2.05, 4.69) is 10.6 Å². The van der Waals surface area contributed by atoms with E-state index in [4.69, 9.17) is 9.47 Å². The predicted molar refractivity (Wildman–Crippen MR) is 113 cm³/mol. The van der Waals surface area contributed by atoms with Crippen LogP contribution < -0.4 is 20.1 Å². The molecule has 6 nitrogen and oxygen atoms in total. The zero-order chi connectivity index (χ0) is 20.5. The molecule has 0 spiro atoms. The lowest BCUT2D eigenvalue weighted by Crippen LogP contribution is -2.20. The van der Waals surface area contributed by atoms with Gasteiger partial charge in [0.15, 0.2) is 6.61 Å². The van der Waals surface area contributed by atoms with Crippen LogP contribution in [0.1, 0.15) is 17.3 Å². The molecule has 0 aromatic heterocycles. The van der Waals surface area contributed by atoms with Crippen molar-refractivity contribution in [1.29, 1.82) is 0 Å². The number of amides is 2. The summed E-state index contributed by atoms with van der Waals surface area (Å²) >= 11 is 0. The van der Waals surface area contributed by atoms with Gasteiger partial charge in [-0.2, -0.15) is 0 Å². The van der Waals surface area contributed by atoms with Crippen LogP contribution in [0.3, 0.4) is 0 Å². The Bertz CT molecular complexity index is 973. The summed E-state index contributed by atoms with van der Waals surface area (Å²) in [5.41, 5.74) is 1.51. The van der Waals surface area contributed by atoms with Gasteiger partial charge >= 0.3 is 0 Å². The first-order chi connectivity index (χ1) is 14.2. The molecule has 0 radical (unpaired) electrons. The molecule has 3 aromatic carbocycles. The van der Waals surface area contributed by atoms with Crippen molar-refractivity contribution in [1.82, 2.24) is 0 Å². The second-order valence-electron chi connectivity index (χ2n) is 6.11. The molecule has 0 heterocycles. The molecule has 0 unspecified atom stereocenters. The summed E-state index contributed by atoms with van der Waals surface area (Å²) in [6, 6.07) is 23.0. The number of carbonyl (C=O) groups is 2. The van der Waals surface area contributed by atoms with Crippen molar-refractivity contribution in [3.05, 3.63) is 84.4 Å². The molecule has 0 fully saturated rings. The van der Waals surface area contributed by atoms with Crippen LogP contribution in [0.2, 0.25) is 0 Å². The fraction of sp³-hybridized carbons (Fsp3) is 0.130. The molecule has 2 N–H and O–H groups in total. The average Bonchev–Trinajstić information content (AvgIpc) is 2.75. The quantitative estimate of drug-likeness (QED) is 0.599. The zero-order valence-corrected chi connectivity index (χ0v) is 16.1. The van der Waals surface area contributed by atoms with Crippen LogP contribution >= 0.6 is 0 Å². The minimum Gasteiger partial charge on any atom is -0.492 e. The topological polar surface area (TPSA) is 76.7 Å². The van der Waals surface area contributed by atoms with Gasteiger partial charge in [-0.3, -0.25) is 9.59 Å². The lowest BCUT2D eigenvalue weighted by Gasteiger charge is -2.12. The number of ether oxygens (including phenoxy) is 2. The van der Waals surface area contributed by atoms with Gasteiger partial charge in [0.05, 0.1) is 12.3 Å². The Kier molecular flexibility index (Phi) is 6.84. The van der Waals surface area contributed by atoms with E-state index in [0.29, 0.717) is 35.0 Å². The number of carbonyl (C=O) groups excluding carboxylic acids is 2. The molecule has 0 bridgehead atoms. The highest BCUT2D eigenvalue weighted by Crippen LogP contribution is 2.24. The third-order valence-corrected chi connectivity index (χ3v) is 3.96. The third kappa shape index (κ3) is 5.84. The number of benzene rings is 3. The van der Waals surface area contributed by atoms with Gasteiger partial charge in [0.2, 0.25) is 0 Å². The molecular weight excluding hydrogens is 368 g/mol. The van der Waals surface area contributed by atoms with Crippen molar-refractivity contribution in [2.75, 3.05) is 23.8 Å². The summed E-state index contributed by atoms with van der Waals surface area (Å²) in [7, 11) is 0. The van der Waals surface area contributed by atoms with Gasteiger partial charge in [0.25, 0.3) is 11.8 Å². The SMILES string of the molecule is CCOc1ccccc1NC(=O)c1cccc(NC(=O)COc2ccccc2)c1. The van der Waals surface area contributed by atoms with E-state index in [-0.39, 0.29) is 18.4 Å². The monoisotopic (exact) mass is 390 g/mol. The summed E-state index contributed by atoms with van der Waals surface area (Å²) in [6.45, 7) is 2.26. The van der Waals surface area contributed by atoms with Gasteiger partial charge in [-0.05, 0) is 49.4 Å². The fourth-order valence-electron chi connectivity index (χ4n) is 2.65. The maximum absolute atomic E-state index is 12.6. The smallest absolute Gasteiger partial charge is 0.262 e. The van der Waals surface area contributed by atoms with E-state index in [1.165, 1.54) is 0 Å². The van der Waals surface area contributed by atoms with Crippen LogP contribution in [0.4, 0.5) is 11.4 Å². The van der Waals surface area contributed by atoms with Crippen LogP contribution in [-0.4, -0.2) is 25.0 Å². The van der Waals surface area contributed by atoms with Crippen molar-refractivity contribution in [2.24, 2.45) is 0 Å². The number of nitrogens with one attached hydrogen (secondary N) is 2. The third-order valence-electron chi connectivity index (χ3n) is 3.96. The van der Waals surface area contributed by atoms with Crippen LogP contribution in [0, 0.1) is 0 Å². The maximum Gasteiger partial charge on any atom is 0.262 e. The number of para-hydroxylation sites is 3. The molecule has 3 rings (SSSR count). The Labute approximate surface area is 169 Å². The molecule has 0 atom stereocenters. The van der Waals surface area contributed by atoms with Gasteiger partial charge in [-0.25, -0.2) is 0 Å². The number of anilines is 2. The van der Waals surface area contributed by atoms with E-state index in [9.17, 15) is 9.59 Å². The van der Waals surface area contributed by atoms with Gasteiger partial charge in [0.1, 0.15) is 11.5 Å². The fourth-order valence-corrected chi connectivity index (χ4v) is 2.65. The molecule has 0 aliphatic carbocycles. The van der Waals surface area contributed by atoms with Gasteiger partial charge in [-0.1, -0.05) is 36.4 Å². The molecule has 0 saturated carbocycles. The van der Waals surface area contributed by atoms with Crippen LogP contribution in [0.5, 0.6) is 11.5 Å².